The molecule has 2 bridgehead atoms. The lowest BCUT2D eigenvalue weighted by atomic mass is 9.87. The summed E-state index contributed by atoms with van der Waals surface area (Å²) in [5.41, 5.74) is 0. The van der Waals surface area contributed by atoms with Gasteiger partial charge in [-0.2, -0.15) is 0 Å². The first-order valence-corrected chi connectivity index (χ1v) is 6.25. The van der Waals surface area contributed by atoms with Crippen molar-refractivity contribution in [2.24, 2.45) is 11.8 Å². The van der Waals surface area contributed by atoms with Crippen molar-refractivity contribution < 1.29 is 9.84 Å². The highest BCUT2D eigenvalue weighted by Crippen LogP contribution is 2.43. The van der Waals surface area contributed by atoms with Crippen LogP contribution in [0.15, 0.2) is 24.3 Å². The van der Waals surface area contributed by atoms with Gasteiger partial charge in [-0.15, -0.1) is 0 Å². The van der Waals surface area contributed by atoms with Crippen LogP contribution in [0.1, 0.15) is 32.1 Å². The van der Waals surface area contributed by atoms with Gasteiger partial charge in [-0.1, -0.05) is 18.9 Å². The largest absolute Gasteiger partial charge is 0.508 e. The van der Waals surface area contributed by atoms with Crippen molar-refractivity contribution in [3.05, 3.63) is 24.3 Å². The van der Waals surface area contributed by atoms with Crippen molar-refractivity contribution in [2.75, 3.05) is 0 Å². The Morgan fingerprint density at radius 3 is 2.50 bits per heavy atom. The lowest BCUT2D eigenvalue weighted by Crippen LogP contribution is -2.25. The Labute approximate surface area is 96.2 Å². The molecular formula is C14H18O2. The van der Waals surface area contributed by atoms with Gasteiger partial charge in [-0.3, -0.25) is 0 Å². The summed E-state index contributed by atoms with van der Waals surface area (Å²) >= 11 is 0. The molecule has 0 saturated heterocycles. The van der Waals surface area contributed by atoms with Crippen molar-refractivity contribution in [1.29, 1.82) is 0 Å². The van der Waals surface area contributed by atoms with E-state index >= 15 is 0 Å². The molecule has 0 radical (unpaired) electrons. The first kappa shape index (κ1) is 10.0. The number of ether oxygens (including phenoxy) is 1. The Balaban J connectivity index is 1.67. The molecule has 2 aliphatic rings. The fourth-order valence-corrected chi connectivity index (χ4v) is 3.29. The Hall–Kier alpha value is -1.18. The third-order valence-corrected chi connectivity index (χ3v) is 3.96. The third-order valence-electron chi connectivity index (χ3n) is 3.96. The minimum Gasteiger partial charge on any atom is -0.508 e. The molecule has 2 nitrogen and oxygen atoms in total. The van der Waals surface area contributed by atoms with Crippen LogP contribution in [0.4, 0.5) is 0 Å². The quantitative estimate of drug-likeness (QED) is 0.824. The Bertz CT molecular complexity index is 363. The van der Waals surface area contributed by atoms with Gasteiger partial charge in [-0.05, 0) is 43.2 Å². The molecule has 0 aromatic heterocycles. The van der Waals surface area contributed by atoms with Crippen LogP contribution in [0, 0.1) is 11.8 Å². The molecule has 0 unspecified atom stereocenters. The maximum absolute atomic E-state index is 9.38. The summed E-state index contributed by atoms with van der Waals surface area (Å²) in [6.45, 7) is 0. The average molecular weight is 218 g/mol. The van der Waals surface area contributed by atoms with Crippen LogP contribution in [-0.4, -0.2) is 11.2 Å². The number of phenolic OH excluding ortho intramolecular Hbond substituents is 1. The first-order chi connectivity index (χ1) is 7.79. The van der Waals surface area contributed by atoms with E-state index in [0.29, 0.717) is 6.10 Å². The fraction of sp³-hybridized carbons (Fsp3) is 0.571. The SMILES string of the molecule is Oc1cccc(O[C@@H]2C[C@@H]3CC[C@@H](C3)C2)c1. The lowest BCUT2D eigenvalue weighted by Gasteiger charge is -2.28. The van der Waals surface area contributed by atoms with Gasteiger partial charge in [0, 0.05) is 6.07 Å². The number of phenols is 1. The minimum atomic E-state index is 0.288. The highest BCUT2D eigenvalue weighted by atomic mass is 16.5. The van der Waals surface area contributed by atoms with Crippen molar-refractivity contribution >= 4 is 0 Å². The minimum absolute atomic E-state index is 0.288. The smallest absolute Gasteiger partial charge is 0.123 e. The predicted octanol–water partition coefficient (Wildman–Crippen LogP) is 3.35. The summed E-state index contributed by atoms with van der Waals surface area (Å²) in [5.74, 6) is 2.88. The summed E-state index contributed by atoms with van der Waals surface area (Å²) in [6, 6.07) is 7.15. The molecule has 16 heavy (non-hydrogen) atoms. The van der Waals surface area contributed by atoms with Crippen molar-refractivity contribution in [3.8, 4) is 11.5 Å². The van der Waals surface area contributed by atoms with Gasteiger partial charge in [0.1, 0.15) is 11.5 Å². The molecule has 2 heteroatoms. The maximum Gasteiger partial charge on any atom is 0.123 e. The molecule has 1 N–H and O–H groups in total. The second-order valence-corrected chi connectivity index (χ2v) is 5.25. The molecule has 0 aliphatic heterocycles. The van der Waals surface area contributed by atoms with E-state index in [9.17, 15) is 5.11 Å². The number of rotatable bonds is 2. The maximum atomic E-state index is 9.38. The molecule has 1 aromatic carbocycles. The van der Waals surface area contributed by atoms with Crippen molar-refractivity contribution in [2.45, 2.75) is 38.2 Å². The van der Waals surface area contributed by atoms with Crippen LogP contribution in [0.2, 0.25) is 0 Å². The Morgan fingerprint density at radius 1 is 1.06 bits per heavy atom. The highest BCUT2D eigenvalue weighted by Gasteiger charge is 2.34. The standard InChI is InChI=1S/C14H18O2/c15-12-2-1-3-13(9-12)16-14-7-10-4-5-11(6-10)8-14/h1-3,9-11,14-15H,4-8H2/t10-,11+,14-. The summed E-state index contributed by atoms with van der Waals surface area (Å²) in [7, 11) is 0. The number of aromatic hydroxyl groups is 1. The highest BCUT2D eigenvalue weighted by molar-refractivity contribution is 5.31. The molecular weight excluding hydrogens is 200 g/mol. The summed E-state index contributed by atoms with van der Waals surface area (Å²) < 4.78 is 5.96. The molecule has 3 atom stereocenters. The zero-order chi connectivity index (χ0) is 11.0. The zero-order valence-electron chi connectivity index (χ0n) is 9.43. The molecule has 2 fully saturated rings. The van der Waals surface area contributed by atoms with E-state index in [1.165, 1.54) is 32.1 Å². The molecule has 2 saturated carbocycles. The summed E-state index contributed by atoms with van der Waals surface area (Å²) in [5, 5.41) is 9.38. The van der Waals surface area contributed by atoms with Crippen molar-refractivity contribution in [3.63, 3.8) is 0 Å². The topological polar surface area (TPSA) is 29.5 Å². The van der Waals surface area contributed by atoms with E-state index < -0.39 is 0 Å². The van der Waals surface area contributed by atoms with Crippen LogP contribution < -0.4 is 4.74 Å². The van der Waals surface area contributed by atoms with E-state index in [1.54, 1.807) is 12.1 Å². The van der Waals surface area contributed by atoms with Gasteiger partial charge >= 0.3 is 0 Å². The van der Waals surface area contributed by atoms with E-state index in [-0.39, 0.29) is 5.75 Å². The van der Waals surface area contributed by atoms with Crippen LogP contribution in [0.25, 0.3) is 0 Å². The molecule has 0 amide bonds. The van der Waals surface area contributed by atoms with Gasteiger partial charge in [0.2, 0.25) is 0 Å². The van der Waals surface area contributed by atoms with Gasteiger partial charge in [0.25, 0.3) is 0 Å². The molecule has 0 spiro atoms. The van der Waals surface area contributed by atoms with Gasteiger partial charge < -0.3 is 9.84 Å². The lowest BCUT2D eigenvalue weighted by molar-refractivity contribution is 0.118. The second kappa shape index (κ2) is 4.00. The number of hydrogen-bond donors (Lipinski definition) is 1. The number of benzene rings is 1. The van der Waals surface area contributed by atoms with Crippen LogP contribution in [-0.2, 0) is 0 Å². The molecule has 3 rings (SSSR count). The Morgan fingerprint density at radius 2 is 1.81 bits per heavy atom. The summed E-state index contributed by atoms with van der Waals surface area (Å²) in [6.07, 6.45) is 6.97. The van der Waals surface area contributed by atoms with Gasteiger partial charge in [-0.25, -0.2) is 0 Å². The number of fused-ring (bicyclic) bond motifs is 2. The fourth-order valence-electron chi connectivity index (χ4n) is 3.29. The van der Waals surface area contributed by atoms with Crippen LogP contribution in [0.5, 0.6) is 11.5 Å². The normalized spacial score (nSPS) is 32.6. The summed E-state index contributed by atoms with van der Waals surface area (Å²) in [4.78, 5) is 0. The van der Waals surface area contributed by atoms with E-state index in [4.69, 9.17) is 4.74 Å². The first-order valence-electron chi connectivity index (χ1n) is 6.25. The Kier molecular flexibility index (Phi) is 2.50. The van der Waals surface area contributed by atoms with Crippen LogP contribution in [0.3, 0.4) is 0 Å². The van der Waals surface area contributed by atoms with E-state index in [2.05, 4.69) is 0 Å². The average Bonchev–Trinajstić information content (AvgIpc) is 2.58. The molecule has 1 aromatic rings. The van der Waals surface area contributed by atoms with E-state index in [0.717, 1.165) is 17.6 Å². The van der Waals surface area contributed by atoms with Gasteiger partial charge in [0.15, 0.2) is 0 Å². The molecule has 86 valence electrons. The van der Waals surface area contributed by atoms with Crippen LogP contribution >= 0.6 is 0 Å². The second-order valence-electron chi connectivity index (χ2n) is 5.25. The van der Waals surface area contributed by atoms with E-state index in [1.807, 2.05) is 12.1 Å². The monoisotopic (exact) mass is 218 g/mol. The van der Waals surface area contributed by atoms with Crippen molar-refractivity contribution in [1.82, 2.24) is 0 Å². The molecule has 2 aliphatic carbocycles. The third kappa shape index (κ3) is 2.01. The predicted molar refractivity (Wildman–Crippen MR) is 62.6 cm³/mol. The molecule has 0 heterocycles. The van der Waals surface area contributed by atoms with Gasteiger partial charge in [0.05, 0.1) is 6.10 Å². The zero-order valence-corrected chi connectivity index (χ0v) is 9.43. The number of hydrogen-bond acceptors (Lipinski definition) is 2.